The van der Waals surface area contributed by atoms with Crippen molar-refractivity contribution in [2.45, 2.75) is 13.3 Å². The van der Waals surface area contributed by atoms with E-state index in [1.54, 1.807) is 21.3 Å². The van der Waals surface area contributed by atoms with Crippen LogP contribution in [0.1, 0.15) is 17.1 Å². The molecule has 3 rings (SSSR count). The van der Waals surface area contributed by atoms with Crippen LogP contribution in [0.25, 0.3) is 11.3 Å². The summed E-state index contributed by atoms with van der Waals surface area (Å²) in [4.78, 5) is 8.09. The van der Waals surface area contributed by atoms with Gasteiger partial charge in [0.15, 0.2) is 11.5 Å². The van der Waals surface area contributed by atoms with Gasteiger partial charge >= 0.3 is 0 Å². The molecule has 0 saturated carbocycles. The summed E-state index contributed by atoms with van der Waals surface area (Å²) in [6.45, 7) is 2.01. The van der Waals surface area contributed by atoms with E-state index in [1.807, 2.05) is 37.3 Å². The van der Waals surface area contributed by atoms with Crippen molar-refractivity contribution in [1.29, 1.82) is 0 Å². The van der Waals surface area contributed by atoms with Gasteiger partial charge in [0.2, 0.25) is 5.75 Å². The molecule has 5 nitrogen and oxygen atoms in total. The average molecular weight is 338 g/mol. The van der Waals surface area contributed by atoms with E-state index in [0.29, 0.717) is 23.7 Å². The Bertz CT molecular complexity index is 832. The van der Waals surface area contributed by atoms with Crippen LogP contribution in [0, 0.1) is 6.92 Å². The van der Waals surface area contributed by atoms with Crippen molar-refractivity contribution >= 4 is 0 Å². The monoisotopic (exact) mass is 338 g/mol. The van der Waals surface area contributed by atoms with Crippen LogP contribution in [-0.2, 0) is 6.42 Å². The van der Waals surface area contributed by atoms with Crippen LogP contribution in [0.2, 0.25) is 0 Å². The molecular weight excluding hydrogens is 316 g/mol. The van der Waals surface area contributed by atoms with Gasteiger partial charge in [0, 0.05) is 6.42 Å². The number of benzene rings is 2. The molecule has 1 N–H and O–H groups in total. The molecule has 130 valence electrons. The normalized spacial score (nSPS) is 10.6. The van der Waals surface area contributed by atoms with E-state index in [4.69, 9.17) is 14.2 Å². The fourth-order valence-corrected chi connectivity index (χ4v) is 2.92. The molecule has 0 aliphatic carbocycles. The highest BCUT2D eigenvalue weighted by molar-refractivity contribution is 5.62. The van der Waals surface area contributed by atoms with Crippen molar-refractivity contribution in [2.24, 2.45) is 0 Å². The third kappa shape index (κ3) is 3.45. The van der Waals surface area contributed by atoms with Crippen LogP contribution in [0.15, 0.2) is 42.5 Å². The second kappa shape index (κ2) is 7.30. The maximum Gasteiger partial charge on any atom is 0.203 e. The smallest absolute Gasteiger partial charge is 0.203 e. The summed E-state index contributed by atoms with van der Waals surface area (Å²) >= 11 is 0. The third-order valence-electron chi connectivity index (χ3n) is 4.09. The molecule has 0 bridgehead atoms. The Morgan fingerprint density at radius 2 is 1.56 bits per heavy atom. The lowest BCUT2D eigenvalue weighted by Gasteiger charge is -2.13. The van der Waals surface area contributed by atoms with Crippen LogP contribution in [0.3, 0.4) is 0 Å². The molecule has 0 saturated heterocycles. The van der Waals surface area contributed by atoms with Gasteiger partial charge in [-0.05, 0) is 30.2 Å². The molecule has 3 aromatic rings. The zero-order valence-corrected chi connectivity index (χ0v) is 14.9. The number of methoxy groups -OCH3 is 3. The molecule has 0 radical (unpaired) electrons. The number of aromatic amines is 1. The largest absolute Gasteiger partial charge is 0.493 e. The van der Waals surface area contributed by atoms with E-state index in [2.05, 4.69) is 22.1 Å². The van der Waals surface area contributed by atoms with E-state index < -0.39 is 0 Å². The second-order valence-corrected chi connectivity index (χ2v) is 5.72. The minimum atomic E-state index is 0.592. The Kier molecular flexibility index (Phi) is 4.93. The predicted molar refractivity (Wildman–Crippen MR) is 97.7 cm³/mol. The number of ether oxygens (including phenoxy) is 3. The predicted octanol–water partition coefficient (Wildman–Crippen LogP) is 4.00. The first-order chi connectivity index (χ1) is 12.2. The van der Waals surface area contributed by atoms with Crippen LogP contribution >= 0.6 is 0 Å². The lowest BCUT2D eigenvalue weighted by molar-refractivity contribution is 0.324. The highest BCUT2D eigenvalue weighted by Gasteiger charge is 2.15. The number of H-pyrrole nitrogens is 1. The molecule has 0 amide bonds. The SMILES string of the molecule is COc1cc(Cc2nc(C)c(-c3ccccc3)[nH]2)cc(OC)c1OC. The molecule has 0 fully saturated rings. The Balaban J connectivity index is 1.93. The van der Waals surface area contributed by atoms with Gasteiger partial charge in [-0.15, -0.1) is 0 Å². The molecule has 25 heavy (non-hydrogen) atoms. The number of nitrogens with zero attached hydrogens (tertiary/aromatic N) is 1. The third-order valence-corrected chi connectivity index (χ3v) is 4.09. The van der Waals surface area contributed by atoms with Crippen LogP contribution in [0.4, 0.5) is 0 Å². The van der Waals surface area contributed by atoms with Gasteiger partial charge in [0.25, 0.3) is 0 Å². The molecule has 0 aliphatic rings. The Morgan fingerprint density at radius 3 is 2.12 bits per heavy atom. The lowest BCUT2D eigenvalue weighted by atomic mass is 10.1. The summed E-state index contributed by atoms with van der Waals surface area (Å²) in [6.07, 6.45) is 0.643. The standard InChI is InChI=1S/C20H22N2O3/c1-13-19(15-8-6-5-7-9-15)22-18(21-13)12-14-10-16(23-2)20(25-4)17(11-14)24-3/h5-11H,12H2,1-4H3,(H,21,22). The van der Waals surface area contributed by atoms with Gasteiger partial charge in [-0.2, -0.15) is 0 Å². The van der Waals surface area contributed by atoms with Gasteiger partial charge in [0.1, 0.15) is 5.82 Å². The molecule has 1 heterocycles. The summed E-state index contributed by atoms with van der Waals surface area (Å²) in [5, 5.41) is 0. The summed E-state index contributed by atoms with van der Waals surface area (Å²) in [7, 11) is 4.83. The summed E-state index contributed by atoms with van der Waals surface area (Å²) in [6, 6.07) is 14.1. The van der Waals surface area contributed by atoms with Gasteiger partial charge in [-0.25, -0.2) is 4.98 Å². The number of hydrogen-bond acceptors (Lipinski definition) is 4. The Labute approximate surface area is 147 Å². The zero-order chi connectivity index (χ0) is 17.8. The molecule has 0 unspecified atom stereocenters. The molecular formula is C20H22N2O3. The first kappa shape index (κ1) is 16.9. The minimum absolute atomic E-state index is 0.592. The minimum Gasteiger partial charge on any atom is -0.493 e. The number of rotatable bonds is 6. The molecule has 5 heteroatoms. The highest BCUT2D eigenvalue weighted by Crippen LogP contribution is 2.38. The zero-order valence-electron chi connectivity index (χ0n) is 14.9. The fraction of sp³-hybridized carbons (Fsp3) is 0.250. The van der Waals surface area contributed by atoms with Crippen molar-refractivity contribution in [3.8, 4) is 28.5 Å². The van der Waals surface area contributed by atoms with Gasteiger partial charge in [0.05, 0.1) is 32.7 Å². The summed E-state index contributed by atoms with van der Waals surface area (Å²) in [5.41, 5.74) is 4.18. The fourth-order valence-electron chi connectivity index (χ4n) is 2.92. The molecule has 0 aliphatic heterocycles. The van der Waals surface area contributed by atoms with E-state index in [0.717, 1.165) is 28.3 Å². The maximum absolute atomic E-state index is 5.42. The number of aryl methyl sites for hydroxylation is 1. The topological polar surface area (TPSA) is 56.4 Å². The van der Waals surface area contributed by atoms with Crippen molar-refractivity contribution in [3.63, 3.8) is 0 Å². The van der Waals surface area contributed by atoms with Gasteiger partial charge in [-0.1, -0.05) is 30.3 Å². The van der Waals surface area contributed by atoms with E-state index in [-0.39, 0.29) is 0 Å². The molecule has 2 aromatic carbocycles. The van der Waals surface area contributed by atoms with Gasteiger partial charge in [-0.3, -0.25) is 0 Å². The van der Waals surface area contributed by atoms with Crippen molar-refractivity contribution in [1.82, 2.24) is 9.97 Å². The quantitative estimate of drug-likeness (QED) is 0.738. The summed E-state index contributed by atoms with van der Waals surface area (Å²) < 4.78 is 16.2. The van der Waals surface area contributed by atoms with Crippen LogP contribution in [0.5, 0.6) is 17.2 Å². The van der Waals surface area contributed by atoms with Crippen LogP contribution < -0.4 is 14.2 Å². The number of aromatic nitrogens is 2. The Morgan fingerprint density at radius 1 is 0.920 bits per heavy atom. The first-order valence-electron chi connectivity index (χ1n) is 8.06. The highest BCUT2D eigenvalue weighted by atomic mass is 16.5. The van der Waals surface area contributed by atoms with Crippen LogP contribution in [-0.4, -0.2) is 31.3 Å². The second-order valence-electron chi connectivity index (χ2n) is 5.72. The van der Waals surface area contributed by atoms with Crippen molar-refractivity contribution in [3.05, 3.63) is 59.5 Å². The van der Waals surface area contributed by atoms with E-state index in [1.165, 1.54) is 0 Å². The molecule has 0 spiro atoms. The number of imidazole rings is 1. The van der Waals surface area contributed by atoms with Crippen molar-refractivity contribution in [2.75, 3.05) is 21.3 Å². The molecule has 1 aromatic heterocycles. The van der Waals surface area contributed by atoms with Gasteiger partial charge < -0.3 is 19.2 Å². The van der Waals surface area contributed by atoms with E-state index >= 15 is 0 Å². The Hall–Kier alpha value is -2.95. The first-order valence-corrected chi connectivity index (χ1v) is 8.06. The van der Waals surface area contributed by atoms with E-state index in [9.17, 15) is 0 Å². The van der Waals surface area contributed by atoms with Crippen molar-refractivity contribution < 1.29 is 14.2 Å². The summed E-state index contributed by atoms with van der Waals surface area (Å²) in [5.74, 6) is 2.77. The lowest BCUT2D eigenvalue weighted by Crippen LogP contribution is -1.98. The number of hydrogen-bond donors (Lipinski definition) is 1. The average Bonchev–Trinajstić information content (AvgIpc) is 3.01. The maximum atomic E-state index is 5.42. The molecule has 0 atom stereocenters. The number of nitrogens with one attached hydrogen (secondary N) is 1.